The predicted molar refractivity (Wildman–Crippen MR) is 125 cm³/mol. The van der Waals surface area contributed by atoms with Gasteiger partial charge < -0.3 is 24.8 Å². The average molecular weight is 505 g/mol. The predicted octanol–water partition coefficient (Wildman–Crippen LogP) is 3.51. The zero-order chi connectivity index (χ0) is 19.5. The van der Waals surface area contributed by atoms with Gasteiger partial charge in [0.2, 0.25) is 0 Å². The molecule has 6 nitrogen and oxygen atoms in total. The molecule has 1 fully saturated rings. The fraction of sp³-hybridized carbons (Fsp3) is 0.667. The molecule has 0 spiro atoms. The maximum Gasteiger partial charge on any atom is 0.191 e. The molecule has 1 aliphatic rings. The van der Waals surface area contributed by atoms with Crippen molar-refractivity contribution in [2.45, 2.75) is 39.2 Å². The van der Waals surface area contributed by atoms with Gasteiger partial charge in [0, 0.05) is 59.6 Å². The first-order valence-corrected chi connectivity index (χ1v) is 9.77. The van der Waals surface area contributed by atoms with Gasteiger partial charge in [-0.25, -0.2) is 0 Å². The van der Waals surface area contributed by atoms with E-state index in [0.717, 1.165) is 43.3 Å². The Labute approximate surface area is 186 Å². The molecule has 0 bridgehead atoms. The van der Waals surface area contributed by atoms with E-state index >= 15 is 0 Å². The summed E-state index contributed by atoms with van der Waals surface area (Å²) in [6.45, 7) is 5.87. The highest BCUT2D eigenvalue weighted by molar-refractivity contribution is 14.0. The van der Waals surface area contributed by atoms with Gasteiger partial charge in [0.25, 0.3) is 0 Å². The minimum Gasteiger partial charge on any atom is -0.493 e. The lowest BCUT2D eigenvalue weighted by atomic mass is 10.0. The second kappa shape index (κ2) is 13.2. The number of halogens is 1. The first-order chi connectivity index (χ1) is 13.1. The van der Waals surface area contributed by atoms with E-state index in [0.29, 0.717) is 25.2 Å². The highest BCUT2D eigenvalue weighted by atomic mass is 127. The van der Waals surface area contributed by atoms with Crippen LogP contribution < -0.4 is 15.4 Å². The van der Waals surface area contributed by atoms with Crippen LogP contribution in [0.5, 0.6) is 5.75 Å². The molecule has 0 heterocycles. The topological polar surface area (TPSA) is 64.1 Å². The summed E-state index contributed by atoms with van der Waals surface area (Å²) in [4.78, 5) is 4.35. The van der Waals surface area contributed by atoms with Crippen LogP contribution in [0.4, 0.5) is 0 Å². The Hall–Kier alpha value is -1.06. The molecule has 0 atom stereocenters. The smallest absolute Gasteiger partial charge is 0.191 e. The number of rotatable bonds is 12. The molecule has 0 radical (unpaired) electrons. The highest BCUT2D eigenvalue weighted by Gasteiger charge is 2.41. The van der Waals surface area contributed by atoms with Gasteiger partial charge in [0.1, 0.15) is 5.75 Å². The summed E-state index contributed by atoms with van der Waals surface area (Å²) < 4.78 is 16.3. The van der Waals surface area contributed by atoms with Crippen molar-refractivity contribution in [1.82, 2.24) is 10.6 Å². The van der Waals surface area contributed by atoms with E-state index in [-0.39, 0.29) is 24.0 Å². The fourth-order valence-electron chi connectivity index (χ4n) is 3.01. The molecule has 2 rings (SSSR count). The van der Waals surface area contributed by atoms with Gasteiger partial charge >= 0.3 is 0 Å². The Kier molecular flexibility index (Phi) is 11.8. The van der Waals surface area contributed by atoms with Crippen LogP contribution in [0.2, 0.25) is 0 Å². The molecule has 0 unspecified atom stereocenters. The molecule has 0 aliphatic heterocycles. The average Bonchev–Trinajstić information content (AvgIpc) is 3.45. The van der Waals surface area contributed by atoms with Crippen molar-refractivity contribution in [3.63, 3.8) is 0 Å². The molecular formula is C21H36IN3O3. The van der Waals surface area contributed by atoms with E-state index in [1.165, 1.54) is 18.4 Å². The van der Waals surface area contributed by atoms with Gasteiger partial charge in [0.15, 0.2) is 5.96 Å². The Morgan fingerprint density at radius 1 is 1.11 bits per heavy atom. The number of methoxy groups -OCH3 is 2. The van der Waals surface area contributed by atoms with Gasteiger partial charge in [-0.3, -0.25) is 4.99 Å². The highest BCUT2D eigenvalue weighted by Crippen LogP contribution is 2.48. The number of guanidine groups is 1. The Morgan fingerprint density at radius 2 is 1.86 bits per heavy atom. The normalized spacial score (nSPS) is 14.9. The first kappa shape index (κ1) is 25.0. The quantitative estimate of drug-likeness (QED) is 0.197. The maximum atomic E-state index is 5.96. The number of nitrogens with zero attached hydrogens (tertiary/aromatic N) is 1. The van der Waals surface area contributed by atoms with E-state index in [2.05, 4.69) is 40.7 Å². The second-order valence-corrected chi connectivity index (χ2v) is 7.33. The van der Waals surface area contributed by atoms with Crippen molar-refractivity contribution >= 4 is 29.9 Å². The Balaban J connectivity index is 0.00000392. The molecule has 1 aromatic carbocycles. The monoisotopic (exact) mass is 505 g/mol. The van der Waals surface area contributed by atoms with E-state index < -0.39 is 0 Å². The number of ether oxygens (including phenoxy) is 3. The zero-order valence-corrected chi connectivity index (χ0v) is 20.0. The standard InChI is InChI=1S/C21H35N3O3.HI/c1-17-6-7-18(19(14-17)27-12-5-11-25-3)15-23-20(22-2)24-16-21(8-9-21)10-13-26-4;/h6-7,14H,5,8-13,15-16H2,1-4H3,(H2,22,23,24);1H. The molecule has 0 amide bonds. The molecule has 7 heteroatoms. The van der Waals surface area contributed by atoms with Crippen LogP contribution in [-0.2, 0) is 16.0 Å². The van der Waals surface area contributed by atoms with Gasteiger partial charge in [-0.1, -0.05) is 12.1 Å². The van der Waals surface area contributed by atoms with Gasteiger partial charge in [0.05, 0.1) is 6.61 Å². The molecule has 2 N–H and O–H groups in total. The third-order valence-electron chi connectivity index (χ3n) is 5.07. The number of aryl methyl sites for hydroxylation is 1. The summed E-state index contributed by atoms with van der Waals surface area (Å²) in [7, 11) is 5.28. The lowest BCUT2D eigenvalue weighted by Gasteiger charge is -2.19. The summed E-state index contributed by atoms with van der Waals surface area (Å²) in [5.41, 5.74) is 2.70. The SMILES string of the molecule is CN=C(NCc1ccc(C)cc1OCCCOC)NCC1(CCOC)CC1.I. The van der Waals surface area contributed by atoms with Crippen molar-refractivity contribution < 1.29 is 14.2 Å². The zero-order valence-electron chi connectivity index (χ0n) is 17.7. The number of benzene rings is 1. The van der Waals surface area contributed by atoms with Crippen LogP contribution in [-0.4, -0.2) is 53.6 Å². The number of hydrogen-bond donors (Lipinski definition) is 2. The number of nitrogens with one attached hydrogen (secondary N) is 2. The largest absolute Gasteiger partial charge is 0.493 e. The third-order valence-corrected chi connectivity index (χ3v) is 5.07. The molecule has 0 aromatic heterocycles. The third kappa shape index (κ3) is 8.53. The number of hydrogen-bond acceptors (Lipinski definition) is 4. The van der Waals surface area contributed by atoms with E-state index in [9.17, 15) is 0 Å². The van der Waals surface area contributed by atoms with E-state index in [4.69, 9.17) is 14.2 Å². The molecule has 0 saturated heterocycles. The van der Waals surface area contributed by atoms with Crippen LogP contribution in [0.1, 0.15) is 36.8 Å². The summed E-state index contributed by atoms with van der Waals surface area (Å²) in [5, 5.41) is 6.87. The van der Waals surface area contributed by atoms with Crippen molar-refractivity contribution in [2.75, 3.05) is 47.6 Å². The lowest BCUT2D eigenvalue weighted by molar-refractivity contribution is 0.171. The van der Waals surface area contributed by atoms with Crippen LogP contribution >= 0.6 is 24.0 Å². The van der Waals surface area contributed by atoms with Crippen LogP contribution in [0.25, 0.3) is 0 Å². The van der Waals surface area contributed by atoms with Crippen LogP contribution in [0.15, 0.2) is 23.2 Å². The lowest BCUT2D eigenvalue weighted by Crippen LogP contribution is -2.40. The van der Waals surface area contributed by atoms with Crippen LogP contribution in [0.3, 0.4) is 0 Å². The van der Waals surface area contributed by atoms with Crippen LogP contribution in [0, 0.1) is 12.3 Å². The van der Waals surface area contributed by atoms with Crippen molar-refractivity contribution in [3.8, 4) is 5.75 Å². The molecular weight excluding hydrogens is 469 g/mol. The fourth-order valence-corrected chi connectivity index (χ4v) is 3.01. The van der Waals surface area contributed by atoms with E-state index in [1.807, 2.05) is 0 Å². The van der Waals surface area contributed by atoms with Crippen molar-refractivity contribution in [1.29, 1.82) is 0 Å². The Morgan fingerprint density at radius 3 is 2.50 bits per heavy atom. The van der Waals surface area contributed by atoms with Gasteiger partial charge in [-0.15, -0.1) is 24.0 Å². The minimum absolute atomic E-state index is 0. The van der Waals surface area contributed by atoms with E-state index in [1.54, 1.807) is 21.3 Å². The first-order valence-electron chi connectivity index (χ1n) is 9.77. The second-order valence-electron chi connectivity index (χ2n) is 7.33. The molecule has 160 valence electrons. The molecule has 1 aromatic rings. The molecule has 1 saturated carbocycles. The summed E-state index contributed by atoms with van der Waals surface area (Å²) >= 11 is 0. The van der Waals surface area contributed by atoms with Gasteiger partial charge in [-0.2, -0.15) is 0 Å². The van der Waals surface area contributed by atoms with Crippen molar-refractivity contribution in [3.05, 3.63) is 29.3 Å². The maximum absolute atomic E-state index is 5.96. The van der Waals surface area contributed by atoms with Crippen molar-refractivity contribution in [2.24, 2.45) is 10.4 Å². The molecule has 1 aliphatic carbocycles. The summed E-state index contributed by atoms with van der Waals surface area (Å²) in [5.74, 6) is 1.75. The Bertz CT molecular complexity index is 607. The summed E-state index contributed by atoms with van der Waals surface area (Å²) in [6, 6.07) is 6.31. The molecule has 28 heavy (non-hydrogen) atoms. The van der Waals surface area contributed by atoms with Gasteiger partial charge in [-0.05, 0) is 43.2 Å². The number of aliphatic imine (C=N–C) groups is 1. The summed E-state index contributed by atoms with van der Waals surface area (Å²) in [6.07, 6.45) is 4.50. The minimum atomic E-state index is 0.